The van der Waals surface area contributed by atoms with Gasteiger partial charge in [-0.05, 0) is 69.6 Å². The standard InChI is InChI=1S/C28H32N6O2/c1-19-6-12-23(13-7-19)34-27-26(20(2)31-34)30-24(28(36)32(27)3)14-15-25(35)29-22-10-8-21(9-11-22)18-33-16-4-5-17-33/h6-13H,4-5,14-18H2,1-3H3,(H,29,35). The molecule has 2 aromatic carbocycles. The summed E-state index contributed by atoms with van der Waals surface area (Å²) in [6.45, 7) is 7.18. The van der Waals surface area contributed by atoms with Crippen LogP contribution in [0.2, 0.25) is 0 Å². The molecule has 5 rings (SSSR count). The Labute approximate surface area is 210 Å². The van der Waals surface area contributed by atoms with E-state index in [0.717, 1.165) is 42.3 Å². The first kappa shape index (κ1) is 23.9. The van der Waals surface area contributed by atoms with Gasteiger partial charge in [0.05, 0.1) is 11.4 Å². The molecule has 0 radical (unpaired) electrons. The Balaban J connectivity index is 1.28. The second kappa shape index (κ2) is 10.1. The minimum absolute atomic E-state index is 0.140. The molecule has 0 bridgehead atoms. The van der Waals surface area contributed by atoms with Crippen LogP contribution in [0.5, 0.6) is 0 Å². The average molecular weight is 485 g/mol. The van der Waals surface area contributed by atoms with E-state index in [1.807, 2.05) is 50.2 Å². The number of hydrogen-bond donors (Lipinski definition) is 1. The molecule has 1 fully saturated rings. The minimum Gasteiger partial charge on any atom is -0.326 e. The molecule has 3 heterocycles. The van der Waals surface area contributed by atoms with E-state index < -0.39 is 0 Å². The van der Waals surface area contributed by atoms with Gasteiger partial charge in [0.1, 0.15) is 11.2 Å². The third-order valence-corrected chi connectivity index (χ3v) is 6.83. The summed E-state index contributed by atoms with van der Waals surface area (Å²) >= 11 is 0. The van der Waals surface area contributed by atoms with E-state index in [2.05, 4.69) is 32.4 Å². The van der Waals surface area contributed by atoms with Gasteiger partial charge in [-0.1, -0.05) is 29.8 Å². The maximum absolute atomic E-state index is 13.1. The third kappa shape index (κ3) is 4.95. The average Bonchev–Trinajstić information content (AvgIpc) is 3.50. The Morgan fingerprint density at radius 2 is 1.69 bits per heavy atom. The number of carbonyl (C=O) groups excluding carboxylic acids is 1. The van der Waals surface area contributed by atoms with Gasteiger partial charge >= 0.3 is 0 Å². The summed E-state index contributed by atoms with van der Waals surface area (Å²) < 4.78 is 3.33. The van der Waals surface area contributed by atoms with Crippen LogP contribution in [0.3, 0.4) is 0 Å². The van der Waals surface area contributed by atoms with Crippen molar-refractivity contribution in [1.29, 1.82) is 0 Å². The minimum atomic E-state index is -0.213. The topological polar surface area (TPSA) is 85.1 Å². The molecule has 1 saturated heterocycles. The van der Waals surface area contributed by atoms with Gasteiger partial charge in [-0.2, -0.15) is 5.10 Å². The Morgan fingerprint density at radius 1 is 1.00 bits per heavy atom. The lowest BCUT2D eigenvalue weighted by Crippen LogP contribution is -2.25. The van der Waals surface area contributed by atoms with Gasteiger partial charge in [0.15, 0.2) is 5.65 Å². The first-order chi connectivity index (χ1) is 17.4. The van der Waals surface area contributed by atoms with E-state index in [9.17, 15) is 9.59 Å². The highest BCUT2D eigenvalue weighted by Gasteiger charge is 2.18. The number of amides is 1. The number of nitrogens with one attached hydrogen (secondary N) is 1. The van der Waals surface area contributed by atoms with Gasteiger partial charge in [-0.25, -0.2) is 9.67 Å². The Morgan fingerprint density at radius 3 is 2.39 bits per heavy atom. The fourth-order valence-corrected chi connectivity index (χ4v) is 4.79. The summed E-state index contributed by atoms with van der Waals surface area (Å²) in [5, 5.41) is 7.58. The molecule has 0 saturated carbocycles. The van der Waals surface area contributed by atoms with Crippen LogP contribution in [0.25, 0.3) is 16.9 Å². The van der Waals surface area contributed by atoms with Crippen molar-refractivity contribution in [3.63, 3.8) is 0 Å². The molecule has 1 aliphatic rings. The molecule has 2 aromatic heterocycles. The highest BCUT2D eigenvalue weighted by molar-refractivity contribution is 5.90. The number of rotatable bonds is 7. The van der Waals surface area contributed by atoms with Crippen LogP contribution >= 0.6 is 0 Å². The van der Waals surface area contributed by atoms with Gasteiger partial charge < -0.3 is 5.32 Å². The number of anilines is 1. The van der Waals surface area contributed by atoms with Gasteiger partial charge in [-0.3, -0.25) is 19.1 Å². The van der Waals surface area contributed by atoms with Crippen molar-refractivity contribution in [2.75, 3.05) is 18.4 Å². The molecule has 36 heavy (non-hydrogen) atoms. The molecule has 186 valence electrons. The van der Waals surface area contributed by atoms with Gasteiger partial charge in [0.25, 0.3) is 5.56 Å². The van der Waals surface area contributed by atoms with Crippen LogP contribution in [0.4, 0.5) is 5.69 Å². The van der Waals surface area contributed by atoms with Crippen LogP contribution in [0.15, 0.2) is 53.3 Å². The Bertz CT molecular complexity index is 1440. The predicted molar refractivity (Wildman–Crippen MR) is 141 cm³/mol. The van der Waals surface area contributed by atoms with Crippen molar-refractivity contribution >= 4 is 22.8 Å². The lowest BCUT2D eigenvalue weighted by Gasteiger charge is -2.14. The SMILES string of the molecule is Cc1ccc(-n2nc(C)c3nc(CCC(=O)Nc4ccc(CN5CCCC5)cc4)c(=O)n(C)c32)cc1. The molecule has 0 atom stereocenters. The fourth-order valence-electron chi connectivity index (χ4n) is 4.79. The molecule has 0 aliphatic carbocycles. The van der Waals surface area contributed by atoms with Crippen LogP contribution in [0.1, 0.15) is 41.8 Å². The first-order valence-corrected chi connectivity index (χ1v) is 12.5. The van der Waals surface area contributed by atoms with E-state index in [-0.39, 0.29) is 24.3 Å². The van der Waals surface area contributed by atoms with Crippen LogP contribution in [0, 0.1) is 13.8 Å². The number of hydrogen-bond acceptors (Lipinski definition) is 5. The molecule has 4 aromatic rings. The summed E-state index contributed by atoms with van der Waals surface area (Å²) in [6, 6.07) is 16.0. The monoisotopic (exact) mass is 484 g/mol. The van der Waals surface area contributed by atoms with E-state index in [1.54, 1.807) is 16.3 Å². The summed E-state index contributed by atoms with van der Waals surface area (Å²) in [5.74, 6) is -0.140. The van der Waals surface area contributed by atoms with Crippen LogP contribution < -0.4 is 10.9 Å². The van der Waals surface area contributed by atoms with Gasteiger partial charge in [-0.15, -0.1) is 0 Å². The van der Waals surface area contributed by atoms with Crippen molar-refractivity contribution in [1.82, 2.24) is 24.2 Å². The lowest BCUT2D eigenvalue weighted by molar-refractivity contribution is -0.116. The van der Waals surface area contributed by atoms with Crippen molar-refractivity contribution < 1.29 is 4.79 Å². The van der Waals surface area contributed by atoms with E-state index in [1.165, 1.54) is 18.4 Å². The Hall–Kier alpha value is -3.78. The van der Waals surface area contributed by atoms with Gasteiger partial charge in [0, 0.05) is 32.1 Å². The maximum Gasteiger partial charge on any atom is 0.273 e. The molecule has 0 unspecified atom stereocenters. The zero-order valence-corrected chi connectivity index (χ0v) is 21.1. The lowest BCUT2D eigenvalue weighted by atomic mass is 10.2. The van der Waals surface area contributed by atoms with E-state index in [0.29, 0.717) is 16.9 Å². The number of fused-ring (bicyclic) bond motifs is 1. The molecule has 8 nitrogen and oxygen atoms in total. The van der Waals surface area contributed by atoms with E-state index in [4.69, 9.17) is 0 Å². The molecule has 1 amide bonds. The number of benzene rings is 2. The summed E-state index contributed by atoms with van der Waals surface area (Å²) in [6.07, 6.45) is 2.98. The van der Waals surface area contributed by atoms with Crippen LogP contribution in [-0.2, 0) is 24.8 Å². The Kier molecular flexibility index (Phi) is 6.69. The number of carbonyl (C=O) groups is 1. The maximum atomic E-state index is 13.1. The van der Waals surface area contributed by atoms with Crippen LogP contribution in [-0.4, -0.2) is 43.2 Å². The van der Waals surface area contributed by atoms with Crippen molar-refractivity contribution in [3.05, 3.63) is 81.4 Å². The summed E-state index contributed by atoms with van der Waals surface area (Å²) in [5.41, 5.74) is 6.23. The molecule has 0 spiro atoms. The number of aromatic nitrogens is 4. The predicted octanol–water partition coefficient (Wildman–Crippen LogP) is 3.90. The van der Waals surface area contributed by atoms with E-state index >= 15 is 0 Å². The summed E-state index contributed by atoms with van der Waals surface area (Å²) in [4.78, 5) is 32.8. The van der Waals surface area contributed by atoms with Gasteiger partial charge in [0.2, 0.25) is 5.91 Å². The molecule has 8 heteroatoms. The molecule has 1 aliphatic heterocycles. The molecule has 1 N–H and O–H groups in total. The molecular weight excluding hydrogens is 452 g/mol. The summed E-state index contributed by atoms with van der Waals surface area (Å²) in [7, 11) is 1.73. The van der Waals surface area contributed by atoms with Crippen molar-refractivity contribution in [3.8, 4) is 5.69 Å². The first-order valence-electron chi connectivity index (χ1n) is 12.5. The largest absolute Gasteiger partial charge is 0.326 e. The van der Waals surface area contributed by atoms with Crippen molar-refractivity contribution in [2.24, 2.45) is 7.05 Å². The highest BCUT2D eigenvalue weighted by atomic mass is 16.1. The second-order valence-corrected chi connectivity index (χ2v) is 9.66. The third-order valence-electron chi connectivity index (χ3n) is 6.83. The quantitative estimate of drug-likeness (QED) is 0.430. The molecular formula is C28H32N6O2. The fraction of sp³-hybridized carbons (Fsp3) is 0.357. The van der Waals surface area contributed by atoms with Crippen molar-refractivity contribution in [2.45, 2.75) is 46.1 Å². The smallest absolute Gasteiger partial charge is 0.273 e. The highest BCUT2D eigenvalue weighted by Crippen LogP contribution is 2.20. The number of nitrogens with zero attached hydrogens (tertiary/aromatic N) is 5. The zero-order chi connectivity index (χ0) is 25.2. The zero-order valence-electron chi connectivity index (χ0n) is 21.1. The normalized spacial score (nSPS) is 14.0. The number of aryl methyl sites for hydroxylation is 4. The number of likely N-dealkylation sites (tertiary alicyclic amines) is 1. The second-order valence-electron chi connectivity index (χ2n) is 9.66.